The Bertz CT molecular complexity index is 1350. The fraction of sp³-hybridized carbons (Fsp3) is 0.0909. The van der Waals surface area contributed by atoms with E-state index in [1.54, 1.807) is 0 Å². The van der Waals surface area contributed by atoms with Crippen molar-refractivity contribution in [3.63, 3.8) is 0 Å². The van der Waals surface area contributed by atoms with E-state index in [1.807, 2.05) is 5.43 Å². The van der Waals surface area contributed by atoms with Gasteiger partial charge in [-0.05, 0) is 42.5 Å². The number of sulfonamides is 1. The highest BCUT2D eigenvalue weighted by Gasteiger charge is 2.34. The lowest BCUT2D eigenvalue weighted by molar-refractivity contribution is -0.137. The Hall–Kier alpha value is -3.15. The molecule has 35 heavy (non-hydrogen) atoms. The first kappa shape index (κ1) is 26.5. The van der Waals surface area contributed by atoms with Gasteiger partial charge < -0.3 is 0 Å². The second kappa shape index (κ2) is 10.6. The summed E-state index contributed by atoms with van der Waals surface area (Å²) in [7, 11) is -4.54. The Labute approximate surface area is 207 Å². The SMILES string of the molecule is O=C(CN(c1cc(C(F)(F)F)ccc1Cl)S(=O)(=O)c1ccccc1)N/N=C\c1c(F)cccc1Cl. The molecule has 0 saturated heterocycles. The summed E-state index contributed by atoms with van der Waals surface area (Å²) < 4.78 is 80.7. The number of hydrogen-bond acceptors (Lipinski definition) is 4. The third kappa shape index (κ3) is 6.30. The largest absolute Gasteiger partial charge is 0.416 e. The van der Waals surface area contributed by atoms with E-state index in [4.69, 9.17) is 23.2 Å². The van der Waals surface area contributed by atoms with Gasteiger partial charge in [-0.15, -0.1) is 0 Å². The van der Waals surface area contributed by atoms with E-state index in [1.165, 1.54) is 42.5 Å². The van der Waals surface area contributed by atoms with Gasteiger partial charge in [0.05, 0.1) is 32.4 Å². The molecular weight excluding hydrogens is 533 g/mol. The van der Waals surface area contributed by atoms with E-state index in [2.05, 4.69) is 5.10 Å². The molecule has 184 valence electrons. The lowest BCUT2D eigenvalue weighted by Gasteiger charge is -2.25. The maximum absolute atomic E-state index is 13.8. The van der Waals surface area contributed by atoms with Crippen molar-refractivity contribution in [1.82, 2.24) is 5.43 Å². The standard InChI is InChI=1S/C22H15Cl2F4N3O3S/c23-17-7-4-8-19(25)16(17)12-29-30-21(32)13-31(35(33,34)15-5-2-1-3-6-15)20-11-14(22(26,27)28)9-10-18(20)24/h1-12H,13H2,(H,30,32)/b29-12-. The van der Waals surface area contributed by atoms with Gasteiger partial charge in [-0.3, -0.25) is 9.10 Å². The van der Waals surface area contributed by atoms with Crippen LogP contribution in [0.1, 0.15) is 11.1 Å². The molecule has 0 heterocycles. The molecule has 1 amide bonds. The Balaban J connectivity index is 1.97. The van der Waals surface area contributed by atoms with Crippen LogP contribution < -0.4 is 9.73 Å². The van der Waals surface area contributed by atoms with E-state index >= 15 is 0 Å². The summed E-state index contributed by atoms with van der Waals surface area (Å²) in [5.74, 6) is -1.76. The average Bonchev–Trinajstić information content (AvgIpc) is 2.79. The van der Waals surface area contributed by atoms with Gasteiger partial charge in [0, 0.05) is 5.56 Å². The maximum atomic E-state index is 13.8. The van der Waals surface area contributed by atoms with Crippen molar-refractivity contribution in [2.24, 2.45) is 5.10 Å². The van der Waals surface area contributed by atoms with Gasteiger partial charge in [0.1, 0.15) is 12.4 Å². The molecule has 0 aliphatic rings. The third-order valence-electron chi connectivity index (χ3n) is 4.54. The predicted octanol–water partition coefficient (Wildman–Crippen LogP) is 5.50. The van der Waals surface area contributed by atoms with Crippen LogP contribution in [0.3, 0.4) is 0 Å². The summed E-state index contributed by atoms with van der Waals surface area (Å²) in [6, 6.07) is 12.7. The fourth-order valence-corrected chi connectivity index (χ4v) is 4.80. The van der Waals surface area contributed by atoms with Crippen molar-refractivity contribution in [3.05, 3.63) is 93.7 Å². The Kier molecular flexibility index (Phi) is 8.04. The first-order chi connectivity index (χ1) is 16.4. The molecule has 3 aromatic carbocycles. The van der Waals surface area contributed by atoms with Crippen molar-refractivity contribution in [2.45, 2.75) is 11.1 Å². The summed E-state index contributed by atoms with van der Waals surface area (Å²) in [5.41, 5.74) is 0.136. The molecule has 1 N–H and O–H groups in total. The summed E-state index contributed by atoms with van der Waals surface area (Å²) in [6.07, 6.45) is -3.89. The number of hydrazone groups is 1. The zero-order valence-electron chi connectivity index (χ0n) is 17.4. The molecule has 3 aromatic rings. The van der Waals surface area contributed by atoms with Gasteiger partial charge in [0.2, 0.25) is 0 Å². The zero-order valence-corrected chi connectivity index (χ0v) is 19.8. The molecule has 0 aliphatic heterocycles. The first-order valence-corrected chi connectivity index (χ1v) is 11.8. The first-order valence-electron chi connectivity index (χ1n) is 9.61. The van der Waals surface area contributed by atoms with Crippen LogP contribution in [0.25, 0.3) is 0 Å². The average molecular weight is 548 g/mol. The van der Waals surface area contributed by atoms with Crippen molar-refractivity contribution in [3.8, 4) is 0 Å². The van der Waals surface area contributed by atoms with Crippen molar-refractivity contribution < 1.29 is 30.8 Å². The van der Waals surface area contributed by atoms with Crippen LogP contribution in [0.2, 0.25) is 10.0 Å². The number of rotatable bonds is 7. The van der Waals surface area contributed by atoms with E-state index in [9.17, 15) is 30.8 Å². The van der Waals surface area contributed by atoms with E-state index in [-0.39, 0.29) is 20.5 Å². The van der Waals surface area contributed by atoms with Gasteiger partial charge >= 0.3 is 6.18 Å². The summed E-state index contributed by atoms with van der Waals surface area (Å²) >= 11 is 11.9. The van der Waals surface area contributed by atoms with Crippen LogP contribution in [0.15, 0.2) is 76.7 Å². The lowest BCUT2D eigenvalue weighted by Crippen LogP contribution is -2.40. The highest BCUT2D eigenvalue weighted by Crippen LogP contribution is 2.37. The molecule has 6 nitrogen and oxygen atoms in total. The molecule has 0 unspecified atom stereocenters. The maximum Gasteiger partial charge on any atom is 0.416 e. The number of hydrogen-bond donors (Lipinski definition) is 1. The number of carbonyl (C=O) groups excluding carboxylic acids is 1. The van der Waals surface area contributed by atoms with Crippen molar-refractivity contribution in [1.29, 1.82) is 0 Å². The topological polar surface area (TPSA) is 78.8 Å². The van der Waals surface area contributed by atoms with Crippen LogP contribution >= 0.6 is 23.2 Å². The Morgan fingerprint density at radius 3 is 2.31 bits per heavy atom. The Morgan fingerprint density at radius 2 is 1.69 bits per heavy atom. The molecule has 0 spiro atoms. The van der Waals surface area contributed by atoms with E-state index in [0.717, 1.165) is 18.3 Å². The molecule has 0 radical (unpaired) electrons. The van der Waals surface area contributed by atoms with Crippen LogP contribution in [0.5, 0.6) is 0 Å². The highest BCUT2D eigenvalue weighted by atomic mass is 35.5. The van der Waals surface area contributed by atoms with Crippen molar-refractivity contribution >= 4 is 51.0 Å². The minimum atomic E-state index is -4.80. The zero-order chi connectivity index (χ0) is 25.8. The van der Waals surface area contributed by atoms with E-state index < -0.39 is 45.7 Å². The number of carbonyl (C=O) groups is 1. The highest BCUT2D eigenvalue weighted by molar-refractivity contribution is 7.92. The second-order valence-corrected chi connectivity index (χ2v) is 9.59. The van der Waals surface area contributed by atoms with Gasteiger partial charge in [0.25, 0.3) is 15.9 Å². The number of nitrogens with zero attached hydrogens (tertiary/aromatic N) is 2. The fourth-order valence-electron chi connectivity index (χ4n) is 2.87. The number of alkyl halides is 3. The minimum absolute atomic E-state index is 0.00651. The van der Waals surface area contributed by atoms with Gasteiger partial charge in [-0.1, -0.05) is 47.5 Å². The molecule has 0 saturated carbocycles. The van der Waals surface area contributed by atoms with Crippen LogP contribution in [0, 0.1) is 5.82 Å². The lowest BCUT2D eigenvalue weighted by atomic mass is 10.2. The van der Waals surface area contributed by atoms with Gasteiger partial charge in [-0.25, -0.2) is 18.2 Å². The summed E-state index contributed by atoms with van der Waals surface area (Å²) in [6.45, 7) is -0.986. The number of anilines is 1. The van der Waals surface area contributed by atoms with Gasteiger partial charge in [-0.2, -0.15) is 18.3 Å². The molecule has 0 fully saturated rings. The summed E-state index contributed by atoms with van der Waals surface area (Å²) in [4.78, 5) is 12.2. The second-order valence-electron chi connectivity index (χ2n) is 6.92. The molecule has 0 bridgehead atoms. The molecular formula is C22H15Cl2F4N3O3S. The number of amides is 1. The van der Waals surface area contributed by atoms with Crippen molar-refractivity contribution in [2.75, 3.05) is 10.8 Å². The van der Waals surface area contributed by atoms with Crippen LogP contribution in [0.4, 0.5) is 23.2 Å². The summed E-state index contributed by atoms with van der Waals surface area (Å²) in [5, 5.41) is 3.23. The third-order valence-corrected chi connectivity index (χ3v) is 6.97. The Morgan fingerprint density at radius 1 is 1.00 bits per heavy atom. The number of nitrogens with one attached hydrogen (secondary N) is 1. The van der Waals surface area contributed by atoms with Crippen LogP contribution in [-0.2, 0) is 21.0 Å². The van der Waals surface area contributed by atoms with Crippen LogP contribution in [-0.4, -0.2) is 27.1 Å². The molecule has 13 heteroatoms. The molecule has 0 aromatic heterocycles. The monoisotopic (exact) mass is 547 g/mol. The normalized spacial score (nSPS) is 12.1. The smallest absolute Gasteiger partial charge is 0.271 e. The molecule has 0 atom stereocenters. The van der Waals surface area contributed by atoms with E-state index in [0.29, 0.717) is 16.4 Å². The number of halogens is 6. The number of benzene rings is 3. The predicted molar refractivity (Wildman–Crippen MR) is 125 cm³/mol. The quantitative estimate of drug-likeness (QED) is 0.241. The molecule has 0 aliphatic carbocycles. The minimum Gasteiger partial charge on any atom is -0.271 e. The van der Waals surface area contributed by atoms with Gasteiger partial charge in [0.15, 0.2) is 0 Å². The molecule has 3 rings (SSSR count).